The van der Waals surface area contributed by atoms with Crippen LogP contribution in [-0.2, 0) is 15.0 Å². The fourth-order valence-electron chi connectivity index (χ4n) is 5.96. The second kappa shape index (κ2) is 9.31. The summed E-state index contributed by atoms with van der Waals surface area (Å²) in [5.41, 5.74) is 3.27. The Balaban J connectivity index is 1.30. The summed E-state index contributed by atoms with van der Waals surface area (Å²) >= 11 is 0. The Labute approximate surface area is 199 Å². The van der Waals surface area contributed by atoms with Crippen LogP contribution in [0.25, 0.3) is 0 Å². The summed E-state index contributed by atoms with van der Waals surface area (Å²) in [5, 5.41) is 3.01. The first-order valence-electron chi connectivity index (χ1n) is 13.0. The van der Waals surface area contributed by atoms with E-state index in [0.29, 0.717) is 30.3 Å². The molecule has 0 unspecified atom stereocenters. The van der Waals surface area contributed by atoms with E-state index in [2.05, 4.69) is 56.1 Å². The van der Waals surface area contributed by atoms with Gasteiger partial charge in [0.05, 0.1) is 6.61 Å². The van der Waals surface area contributed by atoms with Crippen molar-refractivity contribution in [2.24, 2.45) is 11.3 Å². The Morgan fingerprint density at radius 1 is 1.12 bits per heavy atom. The normalized spacial score (nSPS) is 24.7. The van der Waals surface area contributed by atoms with E-state index in [-0.39, 0.29) is 23.3 Å². The number of rotatable bonds is 6. The molecule has 1 aromatic carbocycles. The lowest BCUT2D eigenvalue weighted by atomic mass is 9.55. The second-order valence-electron chi connectivity index (χ2n) is 11.7. The number of carbonyl (C=O) groups excluding carboxylic acids is 2. The number of carbonyl (C=O) groups is 2. The molecule has 1 saturated heterocycles. The molecule has 0 bridgehead atoms. The molecule has 1 heterocycles. The lowest BCUT2D eigenvalue weighted by Crippen LogP contribution is -2.53. The van der Waals surface area contributed by atoms with E-state index in [9.17, 15) is 9.59 Å². The summed E-state index contributed by atoms with van der Waals surface area (Å²) in [6, 6.07) is 6.95. The van der Waals surface area contributed by atoms with Crippen LogP contribution >= 0.6 is 0 Å². The van der Waals surface area contributed by atoms with Crippen LogP contribution in [0.4, 0.5) is 0 Å². The fourth-order valence-corrected chi connectivity index (χ4v) is 5.96. The first-order chi connectivity index (χ1) is 15.6. The molecule has 0 atom stereocenters. The first-order valence-corrected chi connectivity index (χ1v) is 13.0. The van der Waals surface area contributed by atoms with E-state index in [0.717, 1.165) is 44.5 Å². The van der Waals surface area contributed by atoms with E-state index in [4.69, 9.17) is 4.74 Å². The first kappa shape index (κ1) is 24.1. The van der Waals surface area contributed by atoms with E-state index >= 15 is 0 Å². The minimum absolute atomic E-state index is 0.0888. The molecular weight excluding hydrogens is 412 g/mol. The van der Waals surface area contributed by atoms with Gasteiger partial charge in [0.25, 0.3) is 0 Å². The summed E-state index contributed by atoms with van der Waals surface area (Å²) in [5.74, 6) is 2.10. The maximum Gasteiger partial charge on any atom is 0.225 e. The second-order valence-corrected chi connectivity index (χ2v) is 11.7. The molecule has 182 valence electrons. The largest absolute Gasteiger partial charge is 0.494 e. The van der Waals surface area contributed by atoms with Crippen molar-refractivity contribution in [3.05, 3.63) is 29.3 Å². The predicted molar refractivity (Wildman–Crippen MR) is 131 cm³/mol. The fraction of sp³-hybridized carbons (Fsp3) is 0.714. The molecule has 2 saturated carbocycles. The van der Waals surface area contributed by atoms with Crippen molar-refractivity contribution < 1.29 is 14.3 Å². The van der Waals surface area contributed by atoms with Gasteiger partial charge >= 0.3 is 0 Å². The molecular formula is C28H42N2O3. The van der Waals surface area contributed by atoms with Crippen molar-refractivity contribution in [1.29, 1.82) is 0 Å². The van der Waals surface area contributed by atoms with Gasteiger partial charge in [-0.05, 0) is 79.4 Å². The van der Waals surface area contributed by atoms with Crippen LogP contribution in [-0.4, -0.2) is 42.5 Å². The quantitative estimate of drug-likeness (QED) is 0.645. The number of hydrogen-bond donors (Lipinski definition) is 1. The number of hydrogen-bond acceptors (Lipinski definition) is 3. The molecule has 1 spiro atoms. The number of piperidine rings is 1. The minimum Gasteiger partial charge on any atom is -0.494 e. The third-order valence-corrected chi connectivity index (χ3v) is 8.28. The molecule has 1 N–H and O–H groups in total. The van der Waals surface area contributed by atoms with Crippen LogP contribution in [0.3, 0.4) is 0 Å². The van der Waals surface area contributed by atoms with Crippen LogP contribution in [0.5, 0.6) is 5.75 Å². The Morgan fingerprint density at radius 2 is 1.79 bits per heavy atom. The third kappa shape index (κ3) is 5.07. The molecule has 3 aliphatic rings. The predicted octanol–water partition coefficient (Wildman–Crippen LogP) is 5.17. The van der Waals surface area contributed by atoms with Crippen LogP contribution in [0.2, 0.25) is 0 Å². The Bertz CT molecular complexity index is 866. The molecule has 1 aliphatic heterocycles. The molecule has 33 heavy (non-hydrogen) atoms. The van der Waals surface area contributed by atoms with Crippen molar-refractivity contribution >= 4 is 11.8 Å². The number of amides is 2. The van der Waals surface area contributed by atoms with Gasteiger partial charge in [0.15, 0.2) is 0 Å². The zero-order chi connectivity index (χ0) is 23.8. The van der Waals surface area contributed by atoms with Gasteiger partial charge in [0.1, 0.15) is 5.75 Å². The summed E-state index contributed by atoms with van der Waals surface area (Å²) in [6.45, 7) is 13.2. The Kier molecular flexibility index (Phi) is 6.80. The molecule has 5 heteroatoms. The number of likely N-dealkylation sites (tertiary alicyclic amines) is 1. The van der Waals surface area contributed by atoms with E-state index < -0.39 is 0 Å². The Hall–Kier alpha value is -2.04. The van der Waals surface area contributed by atoms with E-state index in [1.54, 1.807) is 0 Å². The number of ether oxygens (including phenoxy) is 1. The molecule has 3 fully saturated rings. The highest BCUT2D eigenvalue weighted by Gasteiger charge is 2.48. The third-order valence-electron chi connectivity index (χ3n) is 8.28. The zero-order valence-electron chi connectivity index (χ0n) is 21.2. The van der Waals surface area contributed by atoms with Crippen LogP contribution in [0.1, 0.15) is 96.6 Å². The van der Waals surface area contributed by atoms with Gasteiger partial charge in [-0.3, -0.25) is 9.59 Å². The van der Waals surface area contributed by atoms with Crippen molar-refractivity contribution in [1.82, 2.24) is 10.2 Å². The standard InChI is InChI=1S/C28H42N2O3/c1-6-25(31)29-22-14-19(15-22)26(32)30-12-10-28(11-13-30)17-20(18-28)23-16-21(27(3,4)5)8-9-24(23)33-7-2/h8-9,16,19-20,22H,6-7,10-15,17-18H2,1-5H3,(H,29,31). The van der Waals surface area contributed by atoms with Gasteiger partial charge in [-0.1, -0.05) is 39.8 Å². The molecule has 0 aromatic heterocycles. The monoisotopic (exact) mass is 454 g/mol. The van der Waals surface area contributed by atoms with Gasteiger partial charge in [0.2, 0.25) is 11.8 Å². The maximum absolute atomic E-state index is 12.9. The molecule has 4 rings (SSSR count). The van der Waals surface area contributed by atoms with E-state index in [1.807, 2.05) is 6.92 Å². The van der Waals surface area contributed by atoms with Gasteiger partial charge in [-0.15, -0.1) is 0 Å². The minimum atomic E-state index is 0.0888. The van der Waals surface area contributed by atoms with E-state index in [1.165, 1.54) is 24.0 Å². The average molecular weight is 455 g/mol. The molecule has 2 aliphatic carbocycles. The summed E-state index contributed by atoms with van der Waals surface area (Å²) in [6.07, 6.45) is 6.75. The van der Waals surface area contributed by atoms with Crippen molar-refractivity contribution in [2.45, 2.75) is 96.9 Å². The molecule has 1 aromatic rings. The van der Waals surface area contributed by atoms with Gasteiger partial charge in [-0.25, -0.2) is 0 Å². The number of benzene rings is 1. The Morgan fingerprint density at radius 3 is 2.36 bits per heavy atom. The zero-order valence-corrected chi connectivity index (χ0v) is 21.2. The topological polar surface area (TPSA) is 58.6 Å². The number of nitrogens with one attached hydrogen (secondary N) is 1. The average Bonchev–Trinajstić information content (AvgIpc) is 2.73. The highest BCUT2D eigenvalue weighted by molar-refractivity contribution is 5.81. The lowest BCUT2D eigenvalue weighted by Gasteiger charge is -2.53. The summed E-state index contributed by atoms with van der Waals surface area (Å²) in [7, 11) is 0. The smallest absolute Gasteiger partial charge is 0.225 e. The number of nitrogens with zero attached hydrogens (tertiary/aromatic N) is 1. The highest BCUT2D eigenvalue weighted by atomic mass is 16.5. The van der Waals surface area contributed by atoms with Crippen LogP contribution in [0, 0.1) is 11.3 Å². The van der Waals surface area contributed by atoms with Gasteiger partial charge < -0.3 is 15.0 Å². The van der Waals surface area contributed by atoms with Gasteiger partial charge in [-0.2, -0.15) is 0 Å². The molecule has 2 amide bonds. The summed E-state index contributed by atoms with van der Waals surface area (Å²) < 4.78 is 5.99. The van der Waals surface area contributed by atoms with Gasteiger partial charge in [0, 0.05) is 31.5 Å². The highest BCUT2D eigenvalue weighted by Crippen LogP contribution is 2.58. The SMILES string of the molecule is CCOc1ccc(C(C)(C)C)cc1C1CC2(CCN(C(=O)C3CC(NC(=O)CC)C3)CC2)C1. The summed E-state index contributed by atoms with van der Waals surface area (Å²) in [4.78, 5) is 26.6. The lowest BCUT2D eigenvalue weighted by molar-refractivity contribution is -0.143. The maximum atomic E-state index is 12.9. The van der Waals surface area contributed by atoms with Crippen molar-refractivity contribution in [3.63, 3.8) is 0 Å². The van der Waals surface area contributed by atoms with Crippen LogP contribution in [0.15, 0.2) is 18.2 Å². The van der Waals surface area contributed by atoms with Crippen molar-refractivity contribution in [2.75, 3.05) is 19.7 Å². The van der Waals surface area contributed by atoms with Crippen molar-refractivity contribution in [3.8, 4) is 5.75 Å². The van der Waals surface area contributed by atoms with Crippen LogP contribution < -0.4 is 10.1 Å². The molecule has 5 nitrogen and oxygen atoms in total. The molecule has 0 radical (unpaired) electrons.